The molecule has 4 fully saturated rings. The van der Waals surface area contributed by atoms with Gasteiger partial charge in [-0.15, -0.1) is 0 Å². The van der Waals surface area contributed by atoms with Crippen molar-refractivity contribution >= 4 is 68.8 Å². The quantitative estimate of drug-likeness (QED) is 0.104. The van der Waals surface area contributed by atoms with Crippen LogP contribution in [0.25, 0.3) is 22.1 Å². The van der Waals surface area contributed by atoms with Crippen molar-refractivity contribution in [3.63, 3.8) is 0 Å². The van der Waals surface area contributed by atoms with Crippen LogP contribution in [0.2, 0.25) is 0 Å². The van der Waals surface area contributed by atoms with Gasteiger partial charge in [-0.25, -0.2) is 19.7 Å². The van der Waals surface area contributed by atoms with Crippen LogP contribution in [0.4, 0.5) is 27.7 Å². The molecular formula is C48H53N11O5. The van der Waals surface area contributed by atoms with Crippen molar-refractivity contribution in [2.24, 2.45) is 11.8 Å². The van der Waals surface area contributed by atoms with Crippen molar-refractivity contribution in [2.75, 3.05) is 60.9 Å². The molecule has 0 spiro atoms. The van der Waals surface area contributed by atoms with Crippen LogP contribution in [0.3, 0.4) is 0 Å². The lowest BCUT2D eigenvalue weighted by atomic mass is 9.81. The number of nitrogens with one attached hydrogen (secondary N) is 4. The van der Waals surface area contributed by atoms with E-state index in [9.17, 15) is 19.2 Å². The fourth-order valence-electron chi connectivity index (χ4n) is 9.77. The molecule has 6 aromatic rings. The summed E-state index contributed by atoms with van der Waals surface area (Å²) in [5.74, 6) is 1.42. The van der Waals surface area contributed by atoms with E-state index >= 15 is 0 Å². The summed E-state index contributed by atoms with van der Waals surface area (Å²) >= 11 is 0. The molecule has 64 heavy (non-hydrogen) atoms. The Bertz CT molecular complexity index is 2640. The Kier molecular flexibility index (Phi) is 11.7. The number of anilines is 4. The maximum Gasteiger partial charge on any atom is 0.328 e. The van der Waals surface area contributed by atoms with Gasteiger partial charge in [-0.3, -0.25) is 29.5 Å². The van der Waals surface area contributed by atoms with Crippen LogP contribution in [0.1, 0.15) is 66.9 Å². The highest BCUT2D eigenvalue weighted by Crippen LogP contribution is 2.36. The zero-order chi connectivity index (χ0) is 43.6. The number of furan rings is 1. The lowest BCUT2D eigenvalue weighted by molar-refractivity contribution is -0.122. The number of carbonyl (C=O) groups excluding carboxylic acids is 4. The van der Waals surface area contributed by atoms with Crippen LogP contribution in [-0.2, 0) is 16.0 Å². The second kappa shape index (κ2) is 18.1. The molecule has 5 heterocycles. The molecule has 0 atom stereocenters. The molecule has 4 aliphatic rings. The molecule has 2 saturated carbocycles. The van der Waals surface area contributed by atoms with Crippen molar-refractivity contribution in [1.82, 2.24) is 40.4 Å². The van der Waals surface area contributed by atoms with Gasteiger partial charge in [-0.05, 0) is 98.4 Å². The van der Waals surface area contributed by atoms with Gasteiger partial charge in [0, 0.05) is 86.6 Å². The molecule has 2 saturated heterocycles. The highest BCUT2D eigenvalue weighted by atomic mass is 16.3. The number of hydrogen-bond acceptors (Lipinski definition) is 11. The van der Waals surface area contributed by atoms with Crippen LogP contribution in [0, 0.1) is 11.8 Å². The number of amides is 5. The molecule has 2 aliphatic heterocycles. The number of aromatic nitrogens is 4. The lowest BCUT2D eigenvalue weighted by Gasteiger charge is -2.39. The SMILES string of the molecule is O=C1CCN(c2coc3cc(C(=O)NCC4CCC(CN5CCN(c6ccc(Nc7ncnc8c7ncn8C7CC(NC(=O)Cc8ccccc8)C7)cc6)CC5)CC4)ccc23)C(=O)N1. The molecule has 0 radical (unpaired) electrons. The number of benzene rings is 3. The summed E-state index contributed by atoms with van der Waals surface area (Å²) in [5.41, 5.74) is 6.29. The number of hydrogen-bond donors (Lipinski definition) is 4. The van der Waals surface area contributed by atoms with Gasteiger partial charge < -0.3 is 29.8 Å². The number of fused-ring (bicyclic) bond motifs is 2. The normalized spacial score (nSPS) is 21.7. The Morgan fingerprint density at radius 2 is 1.62 bits per heavy atom. The summed E-state index contributed by atoms with van der Waals surface area (Å²) in [4.78, 5) is 69.9. The Balaban J connectivity index is 0.641. The minimum Gasteiger partial charge on any atom is -0.462 e. The second-order valence-corrected chi connectivity index (χ2v) is 17.7. The smallest absolute Gasteiger partial charge is 0.328 e. The van der Waals surface area contributed by atoms with E-state index in [0.717, 1.165) is 86.2 Å². The van der Waals surface area contributed by atoms with Gasteiger partial charge in [0.15, 0.2) is 17.0 Å². The predicted molar refractivity (Wildman–Crippen MR) is 244 cm³/mol. The summed E-state index contributed by atoms with van der Waals surface area (Å²) in [6, 6.07) is 23.5. The van der Waals surface area contributed by atoms with Crippen molar-refractivity contribution in [3.05, 3.63) is 103 Å². The molecule has 3 aromatic heterocycles. The molecule has 10 rings (SSSR count). The van der Waals surface area contributed by atoms with E-state index in [1.165, 1.54) is 29.7 Å². The standard InChI is InChI=1S/C48H53N11O5/c60-42-16-17-58(48(63)55-42)40-28-64-41-23-34(10-15-39(40)41)47(62)49-26-32-6-8-33(9-7-32)27-56-18-20-57(21-19-56)37-13-11-35(12-14-37)54-45-44-46(51-29-50-45)59(30-52-44)38-24-36(25-38)53-43(61)22-31-4-2-1-3-5-31/h1-5,10-15,23,28-30,32-33,36,38H,6-9,16-22,24-27H2,(H,49,62)(H,53,61)(H,50,51,54)(H,55,60,63). The van der Waals surface area contributed by atoms with Gasteiger partial charge in [-0.2, -0.15) is 0 Å². The summed E-state index contributed by atoms with van der Waals surface area (Å²) in [5, 5.41) is 12.8. The van der Waals surface area contributed by atoms with E-state index in [2.05, 4.69) is 69.9 Å². The fourth-order valence-corrected chi connectivity index (χ4v) is 9.77. The Morgan fingerprint density at radius 1 is 0.844 bits per heavy atom. The van der Waals surface area contributed by atoms with E-state index < -0.39 is 6.03 Å². The number of nitrogens with zero attached hydrogens (tertiary/aromatic N) is 7. The van der Waals surface area contributed by atoms with Crippen molar-refractivity contribution in [2.45, 2.75) is 63.5 Å². The van der Waals surface area contributed by atoms with Crippen molar-refractivity contribution in [1.29, 1.82) is 0 Å². The molecule has 3 aromatic carbocycles. The molecule has 0 bridgehead atoms. The fraction of sp³-hybridized carbons (Fsp3) is 0.396. The van der Waals surface area contributed by atoms with Gasteiger partial charge in [0.1, 0.15) is 18.2 Å². The second-order valence-electron chi connectivity index (χ2n) is 17.7. The summed E-state index contributed by atoms with van der Waals surface area (Å²) in [6.07, 6.45) is 11.8. The molecule has 0 unspecified atom stereocenters. The Labute approximate surface area is 370 Å². The number of carbonyl (C=O) groups is 4. The van der Waals surface area contributed by atoms with Crippen molar-refractivity contribution in [3.8, 4) is 0 Å². The third kappa shape index (κ3) is 9.00. The first-order chi connectivity index (χ1) is 31.3. The predicted octanol–water partition coefficient (Wildman–Crippen LogP) is 6.18. The highest BCUT2D eigenvalue weighted by Gasteiger charge is 2.33. The lowest BCUT2D eigenvalue weighted by Crippen LogP contribution is -2.49. The molecule has 5 amide bonds. The average molecular weight is 864 g/mol. The van der Waals surface area contributed by atoms with E-state index in [-0.39, 0.29) is 42.8 Å². The summed E-state index contributed by atoms with van der Waals surface area (Å²) in [6.45, 7) is 6.08. The van der Waals surface area contributed by atoms with Crippen molar-refractivity contribution < 1.29 is 23.6 Å². The Morgan fingerprint density at radius 3 is 2.41 bits per heavy atom. The van der Waals surface area contributed by atoms with Crippen LogP contribution >= 0.6 is 0 Å². The van der Waals surface area contributed by atoms with Crippen LogP contribution in [0.15, 0.2) is 96.1 Å². The van der Waals surface area contributed by atoms with E-state index in [1.807, 2.05) is 36.7 Å². The maximum absolute atomic E-state index is 13.1. The molecule has 16 heteroatoms. The number of imide groups is 1. The molecule has 330 valence electrons. The third-order valence-electron chi connectivity index (χ3n) is 13.5. The number of imidazole rings is 1. The van der Waals surface area contributed by atoms with Crippen LogP contribution in [-0.4, -0.2) is 100 Å². The topological polar surface area (TPSA) is 183 Å². The first kappa shape index (κ1) is 41.2. The van der Waals surface area contributed by atoms with E-state index in [4.69, 9.17) is 9.40 Å². The molecule has 16 nitrogen and oxygen atoms in total. The summed E-state index contributed by atoms with van der Waals surface area (Å²) in [7, 11) is 0. The number of rotatable bonds is 13. The average Bonchev–Trinajstić information content (AvgIpc) is 3.93. The maximum atomic E-state index is 13.1. The zero-order valence-corrected chi connectivity index (χ0v) is 35.7. The van der Waals surface area contributed by atoms with Crippen LogP contribution in [0.5, 0.6) is 0 Å². The monoisotopic (exact) mass is 863 g/mol. The first-order valence-electron chi connectivity index (χ1n) is 22.6. The molecular weight excluding hydrogens is 811 g/mol. The minimum atomic E-state index is -0.470. The van der Waals surface area contributed by atoms with E-state index in [1.54, 1.807) is 24.5 Å². The van der Waals surface area contributed by atoms with Gasteiger partial charge >= 0.3 is 6.03 Å². The van der Waals surface area contributed by atoms with Gasteiger partial charge in [0.2, 0.25) is 11.8 Å². The number of piperazine rings is 1. The highest BCUT2D eigenvalue weighted by molar-refractivity contribution is 6.10. The molecule has 2 aliphatic carbocycles. The molecule has 4 N–H and O–H groups in total. The Hall–Kier alpha value is -6.81. The van der Waals surface area contributed by atoms with Gasteiger partial charge in [0.25, 0.3) is 5.91 Å². The first-order valence-corrected chi connectivity index (χ1v) is 22.6. The third-order valence-corrected chi connectivity index (χ3v) is 13.5. The number of urea groups is 1. The van der Waals surface area contributed by atoms with Crippen LogP contribution < -0.4 is 31.1 Å². The van der Waals surface area contributed by atoms with Gasteiger partial charge in [-0.1, -0.05) is 30.3 Å². The minimum absolute atomic E-state index is 0.0500. The largest absolute Gasteiger partial charge is 0.462 e. The van der Waals surface area contributed by atoms with Gasteiger partial charge in [0.05, 0.1) is 18.4 Å². The summed E-state index contributed by atoms with van der Waals surface area (Å²) < 4.78 is 7.82. The zero-order valence-electron chi connectivity index (χ0n) is 35.7. The van der Waals surface area contributed by atoms with E-state index in [0.29, 0.717) is 47.5 Å².